The lowest BCUT2D eigenvalue weighted by molar-refractivity contribution is -0.122. The van der Waals surface area contributed by atoms with Gasteiger partial charge in [0.05, 0.1) is 13.1 Å². The summed E-state index contributed by atoms with van der Waals surface area (Å²) in [4.78, 5) is 19.1. The van der Waals surface area contributed by atoms with Gasteiger partial charge in [0.25, 0.3) is 0 Å². The van der Waals surface area contributed by atoms with Crippen molar-refractivity contribution in [3.05, 3.63) is 34.9 Å². The smallest absolute Gasteiger partial charge is 0.234 e. The van der Waals surface area contributed by atoms with Gasteiger partial charge in [-0.1, -0.05) is 30.7 Å². The molecule has 1 amide bonds. The Hall–Kier alpha value is -1.79. The Morgan fingerprint density at radius 3 is 2.63 bits per heavy atom. The van der Waals surface area contributed by atoms with Gasteiger partial charge in [-0.05, 0) is 56.7 Å². The van der Waals surface area contributed by atoms with Crippen molar-refractivity contribution >= 4 is 23.5 Å². The van der Waals surface area contributed by atoms with E-state index in [0.717, 1.165) is 75.8 Å². The first-order valence-corrected chi connectivity index (χ1v) is 11.7. The summed E-state index contributed by atoms with van der Waals surface area (Å²) in [6.45, 7) is 8.91. The van der Waals surface area contributed by atoms with Gasteiger partial charge >= 0.3 is 0 Å². The molecule has 3 N–H and O–H groups in total. The van der Waals surface area contributed by atoms with E-state index >= 15 is 0 Å². The predicted octanol–water partition coefficient (Wildman–Crippen LogP) is 2.92. The predicted molar refractivity (Wildman–Crippen MR) is 124 cm³/mol. The van der Waals surface area contributed by atoms with Crippen molar-refractivity contribution in [3.63, 3.8) is 0 Å². The van der Waals surface area contributed by atoms with Gasteiger partial charge in [-0.2, -0.15) is 0 Å². The summed E-state index contributed by atoms with van der Waals surface area (Å²) in [5.41, 5.74) is 1.44. The molecule has 1 aliphatic heterocycles. The molecule has 6 nitrogen and oxygen atoms in total. The van der Waals surface area contributed by atoms with Crippen LogP contribution in [0.2, 0.25) is 5.02 Å². The maximum Gasteiger partial charge on any atom is 0.234 e. The van der Waals surface area contributed by atoms with Crippen molar-refractivity contribution in [2.75, 3.05) is 39.3 Å². The molecule has 2 aliphatic rings. The zero-order valence-corrected chi connectivity index (χ0v) is 19.1. The number of carbonyl (C=O) groups is 1. The van der Waals surface area contributed by atoms with Crippen molar-refractivity contribution in [1.29, 1.82) is 0 Å². The van der Waals surface area contributed by atoms with Crippen molar-refractivity contribution in [3.8, 4) is 0 Å². The highest BCUT2D eigenvalue weighted by molar-refractivity contribution is 6.30. The molecule has 0 bridgehead atoms. The van der Waals surface area contributed by atoms with E-state index in [-0.39, 0.29) is 11.3 Å². The average molecular weight is 434 g/mol. The van der Waals surface area contributed by atoms with Crippen LogP contribution in [-0.2, 0) is 10.2 Å². The first kappa shape index (κ1) is 22.9. The monoisotopic (exact) mass is 433 g/mol. The zero-order chi connectivity index (χ0) is 21.4. The molecule has 1 aromatic carbocycles. The van der Waals surface area contributed by atoms with Crippen LogP contribution in [0, 0.1) is 0 Å². The minimum absolute atomic E-state index is 0.133. The Labute approximate surface area is 185 Å². The van der Waals surface area contributed by atoms with Crippen LogP contribution in [0.3, 0.4) is 0 Å². The van der Waals surface area contributed by atoms with Gasteiger partial charge in [0.2, 0.25) is 5.91 Å². The van der Waals surface area contributed by atoms with Crippen molar-refractivity contribution in [2.45, 2.75) is 57.4 Å². The van der Waals surface area contributed by atoms with E-state index in [1.54, 1.807) is 0 Å². The van der Waals surface area contributed by atoms with Gasteiger partial charge in [0, 0.05) is 42.7 Å². The first-order chi connectivity index (χ1) is 14.5. The molecule has 1 saturated carbocycles. The number of nitrogens with zero attached hydrogens (tertiary/aromatic N) is 2. The quantitative estimate of drug-likeness (QED) is 0.413. The molecule has 1 aromatic rings. The summed E-state index contributed by atoms with van der Waals surface area (Å²) >= 11 is 6.20. The van der Waals surface area contributed by atoms with E-state index in [2.05, 4.69) is 46.8 Å². The molecule has 7 heteroatoms. The third-order valence-electron chi connectivity index (χ3n) is 6.04. The van der Waals surface area contributed by atoms with E-state index in [9.17, 15) is 4.79 Å². The van der Waals surface area contributed by atoms with Gasteiger partial charge in [-0.15, -0.1) is 0 Å². The topological polar surface area (TPSA) is 68.8 Å². The fourth-order valence-corrected chi connectivity index (χ4v) is 4.20. The second-order valence-corrected chi connectivity index (χ2v) is 8.97. The van der Waals surface area contributed by atoms with E-state index in [1.165, 1.54) is 5.56 Å². The van der Waals surface area contributed by atoms with Gasteiger partial charge in [0.15, 0.2) is 5.96 Å². The molecule has 0 unspecified atom stereocenters. The van der Waals surface area contributed by atoms with E-state index in [4.69, 9.17) is 16.6 Å². The molecular weight excluding hydrogens is 398 g/mol. The number of halogens is 1. The Bertz CT molecular complexity index is 726. The molecule has 1 aliphatic carbocycles. The maximum absolute atomic E-state index is 11.9. The van der Waals surface area contributed by atoms with E-state index in [1.807, 2.05) is 12.1 Å². The van der Waals surface area contributed by atoms with Crippen molar-refractivity contribution in [1.82, 2.24) is 20.9 Å². The summed E-state index contributed by atoms with van der Waals surface area (Å²) in [6, 6.07) is 8.59. The van der Waals surface area contributed by atoms with Crippen LogP contribution in [0.4, 0.5) is 0 Å². The fourth-order valence-electron chi connectivity index (χ4n) is 4.01. The third kappa shape index (κ3) is 6.61. The van der Waals surface area contributed by atoms with Crippen molar-refractivity contribution in [2.24, 2.45) is 4.99 Å². The first-order valence-electron chi connectivity index (χ1n) is 11.3. The molecular formula is C23H36ClN5O. The second kappa shape index (κ2) is 11.0. The number of guanidine groups is 1. The number of aliphatic imine (C=N–C) groups is 1. The molecule has 2 fully saturated rings. The summed E-state index contributed by atoms with van der Waals surface area (Å²) in [5.74, 6) is 1.03. The largest absolute Gasteiger partial charge is 0.357 e. The van der Waals surface area contributed by atoms with Crippen LogP contribution in [0.15, 0.2) is 29.3 Å². The van der Waals surface area contributed by atoms with Crippen LogP contribution < -0.4 is 16.0 Å². The number of hydrogen-bond acceptors (Lipinski definition) is 3. The number of carbonyl (C=O) groups excluding carboxylic acids is 1. The van der Waals surface area contributed by atoms with Crippen LogP contribution in [0.5, 0.6) is 0 Å². The number of amides is 1. The second-order valence-electron chi connectivity index (χ2n) is 8.53. The SMILES string of the molecule is CCCNC(=O)CN1CCC(NC(=NCC2(c3cccc(Cl)c3)CC2)NCC)CC1. The fraction of sp³-hybridized carbons (Fsp3) is 0.652. The Morgan fingerprint density at radius 2 is 2.00 bits per heavy atom. The van der Waals surface area contributed by atoms with Gasteiger partial charge in [-0.3, -0.25) is 14.7 Å². The molecule has 166 valence electrons. The van der Waals surface area contributed by atoms with Crippen molar-refractivity contribution < 1.29 is 4.79 Å². The normalized spacial score (nSPS) is 19.4. The van der Waals surface area contributed by atoms with Crippen LogP contribution in [0.1, 0.15) is 51.5 Å². The molecule has 0 atom stereocenters. The molecule has 3 rings (SSSR count). The highest BCUT2D eigenvalue weighted by Gasteiger charge is 2.44. The highest BCUT2D eigenvalue weighted by Crippen LogP contribution is 2.48. The summed E-state index contributed by atoms with van der Waals surface area (Å²) in [6.07, 6.45) is 5.34. The molecule has 30 heavy (non-hydrogen) atoms. The number of piperidine rings is 1. The number of hydrogen-bond donors (Lipinski definition) is 3. The van der Waals surface area contributed by atoms with Gasteiger partial charge in [-0.25, -0.2) is 0 Å². The van der Waals surface area contributed by atoms with E-state index in [0.29, 0.717) is 12.6 Å². The Kier molecular flexibility index (Phi) is 8.40. The lowest BCUT2D eigenvalue weighted by atomic mass is 9.96. The summed E-state index contributed by atoms with van der Waals surface area (Å²) in [7, 11) is 0. The van der Waals surface area contributed by atoms with Gasteiger partial charge < -0.3 is 16.0 Å². The molecule has 0 aromatic heterocycles. The standard InChI is InChI=1S/C23H36ClN5O/c1-3-12-26-21(30)16-29-13-8-20(9-14-29)28-22(25-4-2)27-17-23(10-11-23)18-6-5-7-19(24)15-18/h5-7,15,20H,3-4,8-14,16-17H2,1-2H3,(H,26,30)(H2,25,27,28). The van der Waals surface area contributed by atoms with Gasteiger partial charge in [0.1, 0.15) is 0 Å². The minimum Gasteiger partial charge on any atom is -0.357 e. The van der Waals surface area contributed by atoms with E-state index < -0.39 is 0 Å². The lowest BCUT2D eigenvalue weighted by Crippen LogP contribution is -2.50. The summed E-state index contributed by atoms with van der Waals surface area (Å²) < 4.78 is 0. The Balaban J connectivity index is 1.50. The molecule has 1 saturated heterocycles. The zero-order valence-electron chi connectivity index (χ0n) is 18.3. The average Bonchev–Trinajstić information content (AvgIpc) is 3.53. The summed E-state index contributed by atoms with van der Waals surface area (Å²) in [5, 5.41) is 10.8. The highest BCUT2D eigenvalue weighted by atomic mass is 35.5. The lowest BCUT2D eigenvalue weighted by Gasteiger charge is -2.32. The van der Waals surface area contributed by atoms with Crippen LogP contribution in [0.25, 0.3) is 0 Å². The van der Waals surface area contributed by atoms with Crippen LogP contribution in [-0.4, -0.2) is 62.1 Å². The Morgan fingerprint density at radius 1 is 1.23 bits per heavy atom. The molecule has 1 heterocycles. The van der Waals surface area contributed by atoms with Crippen LogP contribution >= 0.6 is 11.6 Å². The minimum atomic E-state index is 0.133. The maximum atomic E-state index is 11.9. The molecule has 0 radical (unpaired) electrons. The molecule has 0 spiro atoms. The number of likely N-dealkylation sites (tertiary alicyclic amines) is 1. The number of benzene rings is 1. The third-order valence-corrected chi connectivity index (χ3v) is 6.28. The number of nitrogens with one attached hydrogen (secondary N) is 3. The number of rotatable bonds is 9.